The Kier molecular flexibility index (Phi) is 4.27. The van der Waals surface area contributed by atoms with Crippen LogP contribution >= 0.6 is 11.6 Å². The Morgan fingerprint density at radius 3 is 2.60 bits per heavy atom. The highest BCUT2D eigenvalue weighted by Crippen LogP contribution is 2.34. The summed E-state index contributed by atoms with van der Waals surface area (Å²) in [5, 5.41) is 12.4. The third-order valence-corrected chi connectivity index (χ3v) is 3.83. The highest BCUT2D eigenvalue weighted by molar-refractivity contribution is 6.28. The second kappa shape index (κ2) is 5.78. The van der Waals surface area contributed by atoms with Crippen molar-refractivity contribution in [2.75, 3.05) is 12.4 Å². The van der Waals surface area contributed by atoms with Crippen LogP contribution in [-0.2, 0) is 4.79 Å². The smallest absolute Gasteiger partial charge is 0.329 e. The molecule has 20 heavy (non-hydrogen) atoms. The quantitative estimate of drug-likeness (QED) is 0.877. The molecule has 1 saturated carbocycles. The molecule has 0 spiro atoms. The molecular weight excluding hydrogens is 284 g/mol. The Labute approximate surface area is 121 Å². The molecule has 1 aromatic heterocycles. The lowest BCUT2D eigenvalue weighted by atomic mass is 9.77. The predicted octanol–water partition coefficient (Wildman–Crippen LogP) is 1.98. The van der Waals surface area contributed by atoms with E-state index in [2.05, 4.69) is 27.2 Å². The Balaban J connectivity index is 2.24. The van der Waals surface area contributed by atoms with E-state index < -0.39 is 11.5 Å². The molecule has 2 rings (SSSR count). The molecule has 8 heteroatoms. The van der Waals surface area contributed by atoms with Crippen molar-refractivity contribution in [1.29, 1.82) is 0 Å². The number of carboxylic acids is 1. The van der Waals surface area contributed by atoms with Crippen molar-refractivity contribution in [3.8, 4) is 6.01 Å². The number of anilines is 1. The molecule has 1 aliphatic rings. The van der Waals surface area contributed by atoms with Crippen molar-refractivity contribution in [2.24, 2.45) is 5.92 Å². The van der Waals surface area contributed by atoms with Crippen molar-refractivity contribution in [3.05, 3.63) is 5.28 Å². The topological polar surface area (TPSA) is 97.2 Å². The molecule has 7 nitrogen and oxygen atoms in total. The van der Waals surface area contributed by atoms with Crippen LogP contribution in [-0.4, -0.2) is 38.7 Å². The molecule has 110 valence electrons. The van der Waals surface area contributed by atoms with Gasteiger partial charge in [-0.1, -0.05) is 6.92 Å². The maximum atomic E-state index is 11.6. The number of aliphatic carboxylic acids is 1. The van der Waals surface area contributed by atoms with Gasteiger partial charge in [0.2, 0.25) is 11.2 Å². The van der Waals surface area contributed by atoms with Crippen LogP contribution in [0.4, 0.5) is 5.95 Å². The number of methoxy groups -OCH3 is 1. The minimum Gasteiger partial charge on any atom is -0.480 e. The Morgan fingerprint density at radius 1 is 1.40 bits per heavy atom. The van der Waals surface area contributed by atoms with Crippen molar-refractivity contribution < 1.29 is 14.6 Å². The van der Waals surface area contributed by atoms with Gasteiger partial charge in [-0.05, 0) is 43.2 Å². The standard InChI is InChI=1S/C12H17ClN4O3/c1-7-3-5-12(6-4-7,8(18)19)17-10-14-9(13)15-11(16-10)20-2/h7H,3-6H2,1-2H3,(H,18,19)(H,14,15,16,17). The van der Waals surface area contributed by atoms with Crippen LogP contribution in [0, 0.1) is 5.92 Å². The predicted molar refractivity (Wildman–Crippen MR) is 73.0 cm³/mol. The lowest BCUT2D eigenvalue weighted by molar-refractivity contribution is -0.143. The molecule has 0 radical (unpaired) electrons. The summed E-state index contributed by atoms with van der Waals surface area (Å²) >= 11 is 5.76. The van der Waals surface area contributed by atoms with Gasteiger partial charge in [-0.25, -0.2) is 4.79 Å². The Morgan fingerprint density at radius 2 is 2.05 bits per heavy atom. The molecular formula is C12H17ClN4O3. The highest BCUT2D eigenvalue weighted by Gasteiger charge is 2.42. The van der Waals surface area contributed by atoms with Crippen LogP contribution in [0.1, 0.15) is 32.6 Å². The number of ether oxygens (including phenoxy) is 1. The van der Waals surface area contributed by atoms with Gasteiger partial charge in [-0.3, -0.25) is 0 Å². The number of nitrogens with zero attached hydrogens (tertiary/aromatic N) is 3. The van der Waals surface area contributed by atoms with E-state index in [1.165, 1.54) is 7.11 Å². The van der Waals surface area contributed by atoms with E-state index >= 15 is 0 Å². The van der Waals surface area contributed by atoms with Crippen LogP contribution in [0.5, 0.6) is 6.01 Å². The van der Waals surface area contributed by atoms with E-state index in [9.17, 15) is 9.90 Å². The summed E-state index contributed by atoms with van der Waals surface area (Å²) < 4.78 is 4.90. The summed E-state index contributed by atoms with van der Waals surface area (Å²) in [6.45, 7) is 2.12. The second-order valence-electron chi connectivity index (χ2n) is 5.11. The van der Waals surface area contributed by atoms with E-state index in [1.54, 1.807) is 0 Å². The Hall–Kier alpha value is -1.63. The van der Waals surface area contributed by atoms with Gasteiger partial charge in [0, 0.05) is 0 Å². The average Bonchev–Trinajstić information content (AvgIpc) is 2.40. The van der Waals surface area contributed by atoms with Crippen molar-refractivity contribution in [3.63, 3.8) is 0 Å². The van der Waals surface area contributed by atoms with Gasteiger partial charge < -0.3 is 15.2 Å². The third kappa shape index (κ3) is 3.09. The molecule has 1 fully saturated rings. The summed E-state index contributed by atoms with van der Waals surface area (Å²) in [5.41, 5.74) is -1.05. The molecule has 2 N–H and O–H groups in total. The van der Waals surface area contributed by atoms with Crippen LogP contribution in [0.25, 0.3) is 0 Å². The highest BCUT2D eigenvalue weighted by atomic mass is 35.5. The molecule has 0 amide bonds. The van der Waals surface area contributed by atoms with Gasteiger partial charge in [0.05, 0.1) is 7.11 Å². The lowest BCUT2D eigenvalue weighted by Gasteiger charge is -2.36. The maximum Gasteiger partial charge on any atom is 0.329 e. The summed E-state index contributed by atoms with van der Waals surface area (Å²) in [6.07, 6.45) is 2.73. The lowest BCUT2D eigenvalue weighted by Crippen LogP contribution is -2.49. The number of hydrogen-bond acceptors (Lipinski definition) is 6. The number of nitrogens with one attached hydrogen (secondary N) is 1. The van der Waals surface area contributed by atoms with Gasteiger partial charge >= 0.3 is 12.0 Å². The van der Waals surface area contributed by atoms with Gasteiger partial charge in [-0.15, -0.1) is 0 Å². The van der Waals surface area contributed by atoms with E-state index in [1.807, 2.05) is 0 Å². The van der Waals surface area contributed by atoms with Gasteiger partial charge in [0.25, 0.3) is 0 Å². The summed E-state index contributed by atoms with van der Waals surface area (Å²) in [6, 6.07) is 0.0530. The molecule has 0 unspecified atom stereocenters. The van der Waals surface area contributed by atoms with E-state index in [-0.39, 0.29) is 17.2 Å². The zero-order valence-corrected chi connectivity index (χ0v) is 12.1. The minimum atomic E-state index is -1.05. The van der Waals surface area contributed by atoms with Crippen molar-refractivity contribution in [1.82, 2.24) is 15.0 Å². The fourth-order valence-electron chi connectivity index (χ4n) is 2.34. The van der Waals surface area contributed by atoms with E-state index in [4.69, 9.17) is 16.3 Å². The molecule has 0 aliphatic heterocycles. The molecule has 0 saturated heterocycles. The van der Waals surface area contributed by atoms with Crippen LogP contribution in [0.3, 0.4) is 0 Å². The number of aromatic nitrogens is 3. The van der Waals surface area contributed by atoms with Crippen LogP contribution in [0.2, 0.25) is 5.28 Å². The normalized spacial score (nSPS) is 26.1. The molecule has 0 atom stereocenters. The molecule has 1 aliphatic carbocycles. The second-order valence-corrected chi connectivity index (χ2v) is 5.45. The number of halogens is 1. The zero-order valence-electron chi connectivity index (χ0n) is 11.4. The first-order valence-corrected chi connectivity index (χ1v) is 6.80. The monoisotopic (exact) mass is 300 g/mol. The summed E-state index contributed by atoms with van der Waals surface area (Å²) in [7, 11) is 1.41. The van der Waals surface area contributed by atoms with E-state index in [0.717, 1.165) is 12.8 Å². The van der Waals surface area contributed by atoms with Crippen molar-refractivity contribution in [2.45, 2.75) is 38.1 Å². The molecule has 0 bridgehead atoms. The van der Waals surface area contributed by atoms with Crippen LogP contribution in [0.15, 0.2) is 0 Å². The van der Waals surface area contributed by atoms with Gasteiger partial charge in [0.1, 0.15) is 5.54 Å². The minimum absolute atomic E-state index is 0.0379. The fraction of sp³-hybridized carbons (Fsp3) is 0.667. The first-order chi connectivity index (χ1) is 9.45. The van der Waals surface area contributed by atoms with Crippen molar-refractivity contribution >= 4 is 23.5 Å². The number of hydrogen-bond donors (Lipinski definition) is 2. The number of rotatable bonds is 4. The SMILES string of the molecule is COc1nc(Cl)nc(NC2(C(=O)O)CCC(C)CC2)n1. The summed E-state index contributed by atoms with van der Waals surface area (Å²) in [5.74, 6) is -0.250. The molecule has 0 aromatic carbocycles. The van der Waals surface area contributed by atoms with Crippen LogP contribution < -0.4 is 10.1 Å². The first kappa shape index (κ1) is 14.8. The van der Waals surface area contributed by atoms with Gasteiger partial charge in [-0.2, -0.15) is 15.0 Å². The largest absolute Gasteiger partial charge is 0.480 e. The molecule has 1 aromatic rings. The third-order valence-electron chi connectivity index (χ3n) is 3.66. The van der Waals surface area contributed by atoms with E-state index in [0.29, 0.717) is 18.8 Å². The molecule has 1 heterocycles. The zero-order chi connectivity index (χ0) is 14.8. The van der Waals surface area contributed by atoms with Gasteiger partial charge in [0.15, 0.2) is 0 Å². The first-order valence-electron chi connectivity index (χ1n) is 6.42. The number of carboxylic acid groups (broad SMARTS) is 1. The number of carbonyl (C=O) groups is 1. The Bertz CT molecular complexity index is 503. The fourth-order valence-corrected chi connectivity index (χ4v) is 2.49. The average molecular weight is 301 g/mol. The summed E-state index contributed by atoms with van der Waals surface area (Å²) in [4.78, 5) is 23.3. The maximum absolute atomic E-state index is 11.6.